The van der Waals surface area contributed by atoms with E-state index in [2.05, 4.69) is 10.6 Å². The molecule has 0 fully saturated rings. The van der Waals surface area contributed by atoms with E-state index in [-0.39, 0.29) is 0 Å². The number of carbonyl (C=O) groups excluding carboxylic acids is 2. The molecular weight excluding hydrogens is 323 g/mol. The lowest BCUT2D eigenvalue weighted by atomic mass is 10.1. The van der Waals surface area contributed by atoms with Crippen LogP contribution in [0.25, 0.3) is 0 Å². The van der Waals surface area contributed by atoms with Crippen molar-refractivity contribution in [3.05, 3.63) is 64.1 Å². The molecule has 0 aromatic heterocycles. The first-order valence-corrected chi connectivity index (χ1v) is 7.39. The minimum absolute atomic E-state index is 0.365. The highest BCUT2D eigenvalue weighted by Crippen LogP contribution is 2.14. The van der Waals surface area contributed by atoms with Gasteiger partial charge in [0.2, 0.25) is 0 Å². The van der Waals surface area contributed by atoms with Crippen molar-refractivity contribution in [3.8, 4) is 0 Å². The fraction of sp³-hybridized carbons (Fsp3) is 0.125. The van der Waals surface area contributed by atoms with Gasteiger partial charge >= 0.3 is 11.8 Å². The van der Waals surface area contributed by atoms with E-state index < -0.39 is 11.8 Å². The first-order chi connectivity index (χ1) is 10.5. The van der Waals surface area contributed by atoms with Gasteiger partial charge in [-0.3, -0.25) is 9.59 Å². The zero-order valence-corrected chi connectivity index (χ0v) is 13.1. The van der Waals surface area contributed by atoms with Crippen LogP contribution >= 0.6 is 23.2 Å². The summed E-state index contributed by atoms with van der Waals surface area (Å²) in [5, 5.41) is 6.20. The van der Waals surface area contributed by atoms with Gasteiger partial charge in [0, 0.05) is 22.3 Å². The van der Waals surface area contributed by atoms with Gasteiger partial charge in [0.1, 0.15) is 0 Å². The number of benzene rings is 2. The van der Waals surface area contributed by atoms with Gasteiger partial charge in [-0.15, -0.1) is 0 Å². The molecule has 0 atom stereocenters. The second-order valence-corrected chi connectivity index (χ2v) is 5.47. The van der Waals surface area contributed by atoms with Gasteiger partial charge in [0.05, 0.1) is 0 Å². The lowest BCUT2D eigenvalue weighted by Crippen LogP contribution is -2.36. The summed E-state index contributed by atoms with van der Waals surface area (Å²) in [4.78, 5) is 23.4. The van der Waals surface area contributed by atoms with Crippen molar-refractivity contribution in [3.63, 3.8) is 0 Å². The minimum atomic E-state index is -0.724. The van der Waals surface area contributed by atoms with Crippen LogP contribution in [-0.4, -0.2) is 18.4 Å². The van der Waals surface area contributed by atoms with Crippen LogP contribution in [-0.2, 0) is 16.0 Å². The lowest BCUT2D eigenvalue weighted by molar-refractivity contribution is -0.136. The first-order valence-electron chi connectivity index (χ1n) is 6.64. The quantitative estimate of drug-likeness (QED) is 0.841. The maximum absolute atomic E-state index is 11.7. The molecule has 2 rings (SSSR count). The molecule has 0 unspecified atom stereocenters. The maximum atomic E-state index is 11.7. The zero-order chi connectivity index (χ0) is 15.9. The molecule has 0 aliphatic heterocycles. The third-order valence-electron chi connectivity index (χ3n) is 2.90. The van der Waals surface area contributed by atoms with Gasteiger partial charge in [0.15, 0.2) is 0 Å². The summed E-state index contributed by atoms with van der Waals surface area (Å²) in [6.07, 6.45) is 0.618. The summed E-state index contributed by atoms with van der Waals surface area (Å²) >= 11 is 11.6. The molecule has 0 spiro atoms. The molecule has 2 aromatic rings. The van der Waals surface area contributed by atoms with Crippen LogP contribution in [0, 0.1) is 0 Å². The third kappa shape index (κ3) is 5.06. The molecule has 2 N–H and O–H groups in total. The van der Waals surface area contributed by atoms with E-state index in [0.29, 0.717) is 28.7 Å². The number of rotatable bonds is 4. The highest BCUT2D eigenvalue weighted by Gasteiger charge is 2.13. The molecule has 0 saturated carbocycles. The average molecular weight is 337 g/mol. The van der Waals surface area contributed by atoms with E-state index in [9.17, 15) is 9.59 Å². The molecule has 2 amide bonds. The van der Waals surface area contributed by atoms with Crippen LogP contribution in [0.4, 0.5) is 5.69 Å². The Morgan fingerprint density at radius 1 is 0.909 bits per heavy atom. The number of anilines is 1. The number of halogens is 2. The summed E-state index contributed by atoms with van der Waals surface area (Å²) in [5.41, 5.74) is 1.50. The monoisotopic (exact) mass is 336 g/mol. The molecule has 2 aromatic carbocycles. The zero-order valence-electron chi connectivity index (χ0n) is 11.6. The van der Waals surface area contributed by atoms with Crippen LogP contribution in [0.1, 0.15) is 5.56 Å². The van der Waals surface area contributed by atoms with Crippen molar-refractivity contribution in [2.24, 2.45) is 0 Å². The van der Waals surface area contributed by atoms with Crippen molar-refractivity contribution in [2.75, 3.05) is 11.9 Å². The Hall–Kier alpha value is -2.04. The van der Waals surface area contributed by atoms with Crippen molar-refractivity contribution in [1.82, 2.24) is 5.32 Å². The van der Waals surface area contributed by atoms with Crippen molar-refractivity contribution in [1.29, 1.82) is 0 Å². The highest BCUT2D eigenvalue weighted by molar-refractivity contribution is 6.39. The number of amides is 2. The van der Waals surface area contributed by atoms with Crippen LogP contribution < -0.4 is 10.6 Å². The largest absolute Gasteiger partial charge is 0.347 e. The van der Waals surface area contributed by atoms with Gasteiger partial charge in [0.25, 0.3) is 0 Å². The summed E-state index contributed by atoms with van der Waals surface area (Å²) < 4.78 is 0. The van der Waals surface area contributed by atoms with Gasteiger partial charge < -0.3 is 10.6 Å². The number of carbonyl (C=O) groups is 2. The van der Waals surface area contributed by atoms with Crippen LogP contribution in [0.2, 0.25) is 10.0 Å². The predicted molar refractivity (Wildman–Crippen MR) is 88.2 cm³/mol. The Balaban J connectivity index is 1.79. The second-order valence-electron chi connectivity index (χ2n) is 4.60. The third-order valence-corrected chi connectivity index (χ3v) is 3.39. The number of nitrogens with one attached hydrogen (secondary N) is 2. The Labute approximate surface area is 138 Å². The Kier molecular flexibility index (Phi) is 5.81. The van der Waals surface area contributed by atoms with E-state index >= 15 is 0 Å². The van der Waals surface area contributed by atoms with E-state index in [4.69, 9.17) is 23.2 Å². The summed E-state index contributed by atoms with van der Waals surface area (Å²) in [5.74, 6) is -1.41. The average Bonchev–Trinajstić information content (AvgIpc) is 2.49. The molecule has 4 nitrogen and oxygen atoms in total. The molecule has 0 aliphatic rings. The van der Waals surface area contributed by atoms with Crippen LogP contribution in [0.3, 0.4) is 0 Å². The Morgan fingerprint density at radius 2 is 1.64 bits per heavy atom. The molecule has 0 bridgehead atoms. The summed E-state index contributed by atoms with van der Waals surface area (Å²) in [7, 11) is 0. The topological polar surface area (TPSA) is 58.2 Å². The number of hydrogen-bond acceptors (Lipinski definition) is 2. The standard InChI is InChI=1S/C16H14Cl2N2O2/c17-12-6-4-11(5-7-12)8-9-19-15(21)16(22)20-14-3-1-2-13(18)10-14/h1-7,10H,8-9H2,(H,19,21)(H,20,22). The van der Waals surface area contributed by atoms with Gasteiger partial charge in [-0.2, -0.15) is 0 Å². The molecular formula is C16H14Cl2N2O2. The Bertz CT molecular complexity index is 672. The van der Waals surface area contributed by atoms with Crippen molar-refractivity contribution >= 4 is 40.7 Å². The predicted octanol–water partition coefficient (Wildman–Crippen LogP) is 3.29. The SMILES string of the molecule is O=C(NCCc1ccc(Cl)cc1)C(=O)Nc1cccc(Cl)c1. The fourth-order valence-electron chi connectivity index (χ4n) is 1.81. The smallest absolute Gasteiger partial charge is 0.313 e. The lowest BCUT2D eigenvalue weighted by Gasteiger charge is -2.07. The number of hydrogen-bond donors (Lipinski definition) is 2. The van der Waals surface area contributed by atoms with Crippen LogP contribution in [0.15, 0.2) is 48.5 Å². The highest BCUT2D eigenvalue weighted by atomic mass is 35.5. The second kappa shape index (κ2) is 7.82. The first kappa shape index (κ1) is 16.3. The normalized spacial score (nSPS) is 10.1. The van der Waals surface area contributed by atoms with E-state index in [1.54, 1.807) is 36.4 Å². The van der Waals surface area contributed by atoms with E-state index in [1.165, 1.54) is 0 Å². The molecule has 0 radical (unpaired) electrons. The van der Waals surface area contributed by atoms with Crippen molar-refractivity contribution in [2.45, 2.75) is 6.42 Å². The fourth-order valence-corrected chi connectivity index (χ4v) is 2.12. The maximum Gasteiger partial charge on any atom is 0.313 e. The Morgan fingerprint density at radius 3 is 2.32 bits per heavy atom. The molecule has 0 heterocycles. The molecule has 0 aliphatic carbocycles. The minimum Gasteiger partial charge on any atom is -0.347 e. The van der Waals surface area contributed by atoms with Gasteiger partial charge in [-0.25, -0.2) is 0 Å². The summed E-state index contributed by atoms with van der Waals surface area (Å²) in [6.45, 7) is 0.365. The van der Waals surface area contributed by atoms with Gasteiger partial charge in [-0.1, -0.05) is 41.4 Å². The summed E-state index contributed by atoms with van der Waals surface area (Å²) in [6, 6.07) is 13.9. The molecule has 0 saturated heterocycles. The van der Waals surface area contributed by atoms with E-state index in [0.717, 1.165) is 5.56 Å². The molecule has 6 heteroatoms. The van der Waals surface area contributed by atoms with Gasteiger partial charge in [-0.05, 0) is 42.3 Å². The molecule has 114 valence electrons. The van der Waals surface area contributed by atoms with Crippen LogP contribution in [0.5, 0.6) is 0 Å². The van der Waals surface area contributed by atoms with Crippen molar-refractivity contribution < 1.29 is 9.59 Å². The van der Waals surface area contributed by atoms with E-state index in [1.807, 2.05) is 12.1 Å². The molecule has 22 heavy (non-hydrogen) atoms.